The molecule has 0 saturated heterocycles. The molecule has 2 N–H and O–H groups in total. The molecule has 0 atom stereocenters. The summed E-state index contributed by atoms with van der Waals surface area (Å²) < 4.78 is 54.2. The number of anilines is 2. The van der Waals surface area contributed by atoms with Gasteiger partial charge in [0, 0.05) is 36.2 Å². The third-order valence-corrected chi connectivity index (χ3v) is 8.05. The van der Waals surface area contributed by atoms with Crippen LogP contribution < -0.4 is 10.0 Å². The van der Waals surface area contributed by atoms with E-state index in [9.17, 15) is 21.6 Å². The molecule has 0 fully saturated rings. The van der Waals surface area contributed by atoms with Crippen molar-refractivity contribution in [2.75, 3.05) is 23.1 Å². The topological polar surface area (TPSA) is 138 Å². The number of amides is 1. The predicted octanol–water partition coefficient (Wildman–Crippen LogP) is 3.20. The largest absolute Gasteiger partial charge is 0.322 e. The lowest BCUT2D eigenvalue weighted by Gasteiger charge is -2.19. The molecule has 0 radical (unpaired) electrons. The molecule has 36 heavy (non-hydrogen) atoms. The van der Waals surface area contributed by atoms with Gasteiger partial charge in [-0.05, 0) is 61.5 Å². The van der Waals surface area contributed by atoms with E-state index in [1.165, 1.54) is 71.2 Å². The molecular formula is C24H25N5O5S2. The first-order chi connectivity index (χ1) is 17.1. The Kier molecular flexibility index (Phi) is 8.35. The molecule has 0 aliphatic heterocycles. The molecule has 1 heterocycles. The van der Waals surface area contributed by atoms with Gasteiger partial charge in [-0.1, -0.05) is 12.2 Å². The van der Waals surface area contributed by atoms with Crippen LogP contribution in [-0.4, -0.2) is 50.1 Å². The first-order valence-corrected chi connectivity index (χ1v) is 13.5. The predicted molar refractivity (Wildman–Crippen MR) is 138 cm³/mol. The highest BCUT2D eigenvalue weighted by Gasteiger charge is 2.23. The second-order valence-electron chi connectivity index (χ2n) is 7.53. The van der Waals surface area contributed by atoms with Gasteiger partial charge in [-0.3, -0.25) is 4.79 Å². The van der Waals surface area contributed by atoms with Crippen molar-refractivity contribution in [3.63, 3.8) is 0 Å². The van der Waals surface area contributed by atoms with Gasteiger partial charge in [0.2, 0.25) is 16.0 Å². The molecule has 188 valence electrons. The summed E-state index contributed by atoms with van der Waals surface area (Å²) in [6.07, 6.45) is 4.40. The van der Waals surface area contributed by atoms with Crippen LogP contribution in [0.15, 0.2) is 95.9 Å². The minimum atomic E-state index is -3.92. The van der Waals surface area contributed by atoms with E-state index in [2.05, 4.69) is 33.2 Å². The molecule has 3 rings (SSSR count). The molecule has 12 heteroatoms. The normalized spacial score (nSPS) is 11.6. The average molecular weight is 528 g/mol. The van der Waals surface area contributed by atoms with E-state index >= 15 is 0 Å². The van der Waals surface area contributed by atoms with Crippen LogP contribution in [0.25, 0.3) is 0 Å². The highest BCUT2D eigenvalue weighted by atomic mass is 32.2. The molecule has 0 unspecified atom stereocenters. The van der Waals surface area contributed by atoms with Crippen molar-refractivity contribution in [1.82, 2.24) is 14.3 Å². The summed E-state index contributed by atoms with van der Waals surface area (Å²) in [5.74, 6) is -0.537. The molecule has 0 aliphatic carbocycles. The Labute approximate surface area is 210 Å². The van der Waals surface area contributed by atoms with Crippen LogP contribution in [0.2, 0.25) is 0 Å². The van der Waals surface area contributed by atoms with Crippen molar-refractivity contribution in [2.24, 2.45) is 0 Å². The zero-order chi connectivity index (χ0) is 26.3. The van der Waals surface area contributed by atoms with Gasteiger partial charge in [0.25, 0.3) is 15.9 Å². The number of rotatable bonds is 11. The number of aryl methyl sites for hydroxylation is 1. The number of sulfonamides is 2. The van der Waals surface area contributed by atoms with Crippen molar-refractivity contribution < 1.29 is 21.6 Å². The number of hydrogen-bond acceptors (Lipinski definition) is 7. The lowest BCUT2D eigenvalue weighted by atomic mass is 10.2. The minimum Gasteiger partial charge on any atom is -0.322 e. The average Bonchev–Trinajstić information content (AvgIpc) is 2.84. The number of nitrogens with one attached hydrogen (secondary N) is 2. The number of carbonyl (C=O) groups excluding carboxylic acids is 1. The van der Waals surface area contributed by atoms with Gasteiger partial charge < -0.3 is 5.32 Å². The molecule has 2 aromatic carbocycles. The van der Waals surface area contributed by atoms with Crippen LogP contribution in [0, 0.1) is 6.92 Å². The fourth-order valence-electron chi connectivity index (χ4n) is 3.08. The summed E-state index contributed by atoms with van der Waals surface area (Å²) in [5, 5.41) is 2.65. The van der Waals surface area contributed by atoms with E-state index in [4.69, 9.17) is 0 Å². The van der Waals surface area contributed by atoms with Crippen LogP contribution in [-0.2, 0) is 20.0 Å². The molecule has 1 aromatic heterocycles. The maximum Gasteiger partial charge on any atom is 0.264 e. The van der Waals surface area contributed by atoms with Gasteiger partial charge in [-0.25, -0.2) is 31.5 Å². The molecule has 0 saturated carbocycles. The smallest absolute Gasteiger partial charge is 0.264 e. The van der Waals surface area contributed by atoms with Crippen molar-refractivity contribution in [1.29, 1.82) is 0 Å². The van der Waals surface area contributed by atoms with E-state index < -0.39 is 26.0 Å². The number of aromatic nitrogens is 2. The van der Waals surface area contributed by atoms with Crippen molar-refractivity contribution in [2.45, 2.75) is 16.7 Å². The summed E-state index contributed by atoms with van der Waals surface area (Å²) in [7, 11) is -7.71. The zero-order valence-electron chi connectivity index (χ0n) is 19.5. The van der Waals surface area contributed by atoms with Gasteiger partial charge in [0.1, 0.15) is 0 Å². The van der Waals surface area contributed by atoms with Crippen LogP contribution in [0.3, 0.4) is 0 Å². The third-order valence-electron chi connectivity index (χ3n) is 4.86. The standard InChI is InChI=1S/C24H25N5O5S2/c1-4-16-29(17-5-2)36(33,34)22-10-6-19(7-11-22)23(30)27-20-8-12-21(13-9-20)35(31,32)28-24-25-15-14-18(3)26-24/h4-15H,1-2,16-17H2,3H3,(H,27,30)(H,25,26,28). The van der Waals surface area contributed by atoms with E-state index in [0.717, 1.165) is 0 Å². The maximum absolute atomic E-state index is 12.8. The number of benzene rings is 2. The Bertz CT molecular complexity index is 1460. The summed E-state index contributed by atoms with van der Waals surface area (Å²) in [5.41, 5.74) is 1.19. The zero-order valence-corrected chi connectivity index (χ0v) is 21.1. The van der Waals surface area contributed by atoms with E-state index in [1.807, 2.05) is 0 Å². The van der Waals surface area contributed by atoms with Crippen molar-refractivity contribution >= 4 is 37.6 Å². The molecule has 10 nitrogen and oxygen atoms in total. The minimum absolute atomic E-state index is 0.0300. The molecule has 1 amide bonds. The van der Waals surface area contributed by atoms with Gasteiger partial charge >= 0.3 is 0 Å². The second kappa shape index (κ2) is 11.2. The Balaban J connectivity index is 1.70. The van der Waals surface area contributed by atoms with Crippen molar-refractivity contribution in [3.8, 4) is 0 Å². The summed E-state index contributed by atoms with van der Waals surface area (Å²) >= 11 is 0. The van der Waals surface area contributed by atoms with E-state index in [1.54, 1.807) is 13.0 Å². The Morgan fingerprint density at radius 2 is 1.50 bits per heavy atom. The molecule has 0 bridgehead atoms. The van der Waals surface area contributed by atoms with Gasteiger partial charge in [0.05, 0.1) is 9.79 Å². The molecule has 0 aliphatic rings. The number of carbonyl (C=O) groups is 1. The van der Waals surface area contributed by atoms with Crippen molar-refractivity contribution in [3.05, 3.63) is 97.4 Å². The van der Waals surface area contributed by atoms with Crippen LogP contribution in [0.5, 0.6) is 0 Å². The molecular weight excluding hydrogens is 502 g/mol. The van der Waals surface area contributed by atoms with E-state index in [-0.39, 0.29) is 34.4 Å². The summed E-state index contributed by atoms with van der Waals surface area (Å²) in [6, 6.07) is 12.7. The number of nitrogens with zero attached hydrogens (tertiary/aromatic N) is 3. The maximum atomic E-state index is 12.8. The quantitative estimate of drug-likeness (QED) is 0.365. The highest BCUT2D eigenvalue weighted by Crippen LogP contribution is 2.19. The highest BCUT2D eigenvalue weighted by molar-refractivity contribution is 7.92. The first-order valence-electron chi connectivity index (χ1n) is 10.6. The summed E-state index contributed by atoms with van der Waals surface area (Å²) in [4.78, 5) is 20.5. The first kappa shape index (κ1) is 26.7. The number of hydrogen-bond donors (Lipinski definition) is 2. The lowest BCUT2D eigenvalue weighted by molar-refractivity contribution is 0.102. The third kappa shape index (κ3) is 6.42. The van der Waals surface area contributed by atoms with Gasteiger partial charge in [-0.15, -0.1) is 13.2 Å². The second-order valence-corrected chi connectivity index (χ2v) is 11.1. The van der Waals surface area contributed by atoms with Gasteiger partial charge in [-0.2, -0.15) is 4.31 Å². The monoisotopic (exact) mass is 527 g/mol. The Morgan fingerprint density at radius 1 is 0.917 bits per heavy atom. The van der Waals surface area contributed by atoms with Crippen LogP contribution in [0.4, 0.5) is 11.6 Å². The van der Waals surface area contributed by atoms with E-state index in [0.29, 0.717) is 11.4 Å². The lowest BCUT2D eigenvalue weighted by Crippen LogP contribution is -2.31. The molecule has 3 aromatic rings. The Morgan fingerprint density at radius 3 is 2.06 bits per heavy atom. The van der Waals surface area contributed by atoms with Crippen LogP contribution >= 0.6 is 0 Å². The van der Waals surface area contributed by atoms with Crippen LogP contribution in [0.1, 0.15) is 16.1 Å². The SMILES string of the molecule is C=CCN(CC=C)S(=O)(=O)c1ccc(C(=O)Nc2ccc(S(=O)(=O)Nc3nccc(C)n3)cc2)cc1. The fraction of sp³-hybridized carbons (Fsp3) is 0.125. The summed E-state index contributed by atoms with van der Waals surface area (Å²) in [6.45, 7) is 9.10. The fourth-order valence-corrected chi connectivity index (χ4v) is 5.42. The molecule has 0 spiro atoms. The van der Waals surface area contributed by atoms with Gasteiger partial charge in [0.15, 0.2) is 0 Å². The Hall–Kier alpha value is -3.87.